The number of rotatable bonds is 6. The average Bonchev–Trinajstić information content (AvgIpc) is 2.46. The van der Waals surface area contributed by atoms with Gasteiger partial charge in [-0.1, -0.05) is 6.07 Å². The SMILES string of the molecule is CCOc1cccc(NCC2CSCCS2)c1[N+](=O)[O-]. The summed E-state index contributed by atoms with van der Waals surface area (Å²) in [5, 5.41) is 15.0. The number of benzene rings is 1. The van der Waals surface area contributed by atoms with Crippen LogP contribution < -0.4 is 10.1 Å². The highest BCUT2D eigenvalue weighted by atomic mass is 32.2. The van der Waals surface area contributed by atoms with Crippen LogP contribution in [-0.2, 0) is 0 Å². The molecule has 0 aliphatic carbocycles. The van der Waals surface area contributed by atoms with E-state index < -0.39 is 0 Å². The summed E-state index contributed by atoms with van der Waals surface area (Å²) in [6.45, 7) is 2.98. The fraction of sp³-hybridized carbons (Fsp3) is 0.538. The van der Waals surface area contributed by atoms with Crippen LogP contribution in [0, 0.1) is 10.1 Å². The third-order valence-electron chi connectivity index (χ3n) is 2.89. The number of hydrogen-bond donors (Lipinski definition) is 1. The Kier molecular flexibility index (Phi) is 5.85. The highest BCUT2D eigenvalue weighted by molar-refractivity contribution is 8.06. The van der Waals surface area contributed by atoms with E-state index in [1.165, 1.54) is 5.75 Å². The third kappa shape index (κ3) is 3.96. The molecular weight excluding hydrogens is 296 g/mol. The van der Waals surface area contributed by atoms with Crippen molar-refractivity contribution in [2.45, 2.75) is 12.2 Å². The highest BCUT2D eigenvalue weighted by Gasteiger charge is 2.22. The first kappa shape index (κ1) is 15.3. The largest absolute Gasteiger partial charge is 0.487 e. The van der Waals surface area contributed by atoms with Gasteiger partial charge >= 0.3 is 5.69 Å². The molecule has 2 rings (SSSR count). The number of ether oxygens (including phenoxy) is 1. The molecule has 1 aromatic rings. The van der Waals surface area contributed by atoms with Crippen molar-refractivity contribution in [2.75, 3.05) is 35.7 Å². The zero-order valence-corrected chi connectivity index (χ0v) is 13.0. The molecule has 0 spiro atoms. The summed E-state index contributed by atoms with van der Waals surface area (Å²) in [4.78, 5) is 10.9. The van der Waals surface area contributed by atoms with Crippen LogP contribution >= 0.6 is 23.5 Å². The first-order valence-electron chi connectivity index (χ1n) is 6.55. The van der Waals surface area contributed by atoms with Gasteiger partial charge in [0.15, 0.2) is 5.75 Å². The Balaban J connectivity index is 2.09. The number of nitrogens with one attached hydrogen (secondary N) is 1. The molecule has 0 aromatic heterocycles. The van der Waals surface area contributed by atoms with Gasteiger partial charge in [-0.15, -0.1) is 0 Å². The van der Waals surface area contributed by atoms with Crippen LogP contribution in [0.15, 0.2) is 18.2 Å². The van der Waals surface area contributed by atoms with Gasteiger partial charge in [-0.25, -0.2) is 0 Å². The van der Waals surface area contributed by atoms with Crippen molar-refractivity contribution in [3.63, 3.8) is 0 Å². The molecule has 0 bridgehead atoms. The minimum atomic E-state index is -0.379. The zero-order valence-electron chi connectivity index (χ0n) is 11.3. The lowest BCUT2D eigenvalue weighted by molar-refractivity contribution is -0.384. The Morgan fingerprint density at radius 1 is 1.50 bits per heavy atom. The summed E-state index contributed by atoms with van der Waals surface area (Å²) in [5.41, 5.74) is 0.569. The molecule has 20 heavy (non-hydrogen) atoms. The Morgan fingerprint density at radius 2 is 2.35 bits per heavy atom. The molecule has 1 unspecified atom stereocenters. The standard InChI is InChI=1S/C13H18N2O3S2/c1-2-18-12-5-3-4-11(13(12)15(16)17)14-8-10-9-19-6-7-20-10/h3-5,10,14H,2,6-9H2,1H3. The second-order valence-corrected chi connectivity index (χ2v) is 6.85. The Morgan fingerprint density at radius 3 is 3.00 bits per heavy atom. The van der Waals surface area contributed by atoms with Gasteiger partial charge < -0.3 is 10.1 Å². The zero-order chi connectivity index (χ0) is 14.4. The van der Waals surface area contributed by atoms with Crippen LogP contribution in [0.3, 0.4) is 0 Å². The molecule has 1 aromatic carbocycles. The van der Waals surface area contributed by atoms with E-state index in [1.807, 2.05) is 30.4 Å². The summed E-state index contributed by atoms with van der Waals surface area (Å²) >= 11 is 3.87. The van der Waals surface area contributed by atoms with Crippen LogP contribution in [0.25, 0.3) is 0 Å². The molecule has 0 amide bonds. The molecule has 1 aliphatic heterocycles. The van der Waals surface area contributed by atoms with E-state index in [1.54, 1.807) is 18.2 Å². The maximum absolute atomic E-state index is 11.2. The lowest BCUT2D eigenvalue weighted by atomic mass is 10.2. The van der Waals surface area contributed by atoms with E-state index in [9.17, 15) is 10.1 Å². The first-order chi connectivity index (χ1) is 9.72. The van der Waals surface area contributed by atoms with Gasteiger partial charge in [0, 0.05) is 29.1 Å². The predicted octanol–water partition coefficient (Wildman–Crippen LogP) is 3.25. The molecule has 0 radical (unpaired) electrons. The van der Waals surface area contributed by atoms with Crippen molar-refractivity contribution in [2.24, 2.45) is 0 Å². The number of hydrogen-bond acceptors (Lipinski definition) is 6. The Bertz CT molecular complexity index is 465. The molecule has 1 N–H and O–H groups in total. The molecule has 1 saturated heterocycles. The van der Waals surface area contributed by atoms with Crippen LogP contribution in [0.2, 0.25) is 0 Å². The average molecular weight is 314 g/mol. The first-order valence-corrected chi connectivity index (χ1v) is 8.76. The summed E-state index contributed by atoms with van der Waals surface area (Å²) in [6, 6.07) is 5.16. The molecule has 1 heterocycles. The van der Waals surface area contributed by atoms with Crippen molar-refractivity contribution in [3.8, 4) is 5.75 Å². The number of nitrogens with zero attached hydrogens (tertiary/aromatic N) is 1. The smallest absolute Gasteiger partial charge is 0.333 e. The third-order valence-corrected chi connectivity index (χ3v) is 5.73. The van der Waals surface area contributed by atoms with Gasteiger partial charge in [0.1, 0.15) is 5.69 Å². The molecule has 1 atom stereocenters. The normalized spacial score (nSPS) is 18.6. The van der Waals surface area contributed by atoms with Gasteiger partial charge in [0.05, 0.1) is 11.5 Å². The van der Waals surface area contributed by atoms with Gasteiger partial charge in [-0.05, 0) is 19.1 Å². The van der Waals surface area contributed by atoms with Crippen molar-refractivity contribution in [1.29, 1.82) is 0 Å². The van der Waals surface area contributed by atoms with Gasteiger partial charge in [-0.3, -0.25) is 10.1 Å². The fourth-order valence-electron chi connectivity index (χ4n) is 2.00. The Labute approximate surface area is 127 Å². The minimum absolute atomic E-state index is 0.0304. The highest BCUT2D eigenvalue weighted by Crippen LogP contribution is 2.35. The van der Waals surface area contributed by atoms with Crippen molar-refractivity contribution < 1.29 is 9.66 Å². The molecule has 5 nitrogen and oxygen atoms in total. The summed E-state index contributed by atoms with van der Waals surface area (Å²) in [5.74, 6) is 3.77. The number of anilines is 1. The van der Waals surface area contributed by atoms with Gasteiger partial charge in [-0.2, -0.15) is 23.5 Å². The van der Waals surface area contributed by atoms with E-state index in [0.29, 0.717) is 23.3 Å². The summed E-state index contributed by atoms with van der Waals surface area (Å²) < 4.78 is 5.34. The molecule has 0 saturated carbocycles. The molecule has 7 heteroatoms. The number of nitro groups is 1. The van der Waals surface area contributed by atoms with E-state index in [-0.39, 0.29) is 10.6 Å². The lowest BCUT2D eigenvalue weighted by Crippen LogP contribution is -2.23. The second-order valence-electron chi connectivity index (χ2n) is 4.29. The monoisotopic (exact) mass is 314 g/mol. The van der Waals surface area contributed by atoms with E-state index >= 15 is 0 Å². The maximum atomic E-state index is 11.2. The maximum Gasteiger partial charge on any atom is 0.333 e. The van der Waals surface area contributed by atoms with Crippen LogP contribution in [-0.4, -0.2) is 40.6 Å². The fourth-order valence-corrected chi connectivity index (χ4v) is 4.62. The molecule has 1 fully saturated rings. The number of nitro benzene ring substituents is 1. The topological polar surface area (TPSA) is 64.4 Å². The van der Waals surface area contributed by atoms with Gasteiger partial charge in [0.2, 0.25) is 0 Å². The molecule has 110 valence electrons. The van der Waals surface area contributed by atoms with E-state index in [4.69, 9.17) is 4.74 Å². The van der Waals surface area contributed by atoms with E-state index in [0.717, 1.165) is 18.1 Å². The number of thioether (sulfide) groups is 2. The summed E-state index contributed by atoms with van der Waals surface area (Å²) in [6.07, 6.45) is 0. The van der Waals surface area contributed by atoms with Crippen molar-refractivity contribution >= 4 is 34.9 Å². The lowest BCUT2D eigenvalue weighted by Gasteiger charge is -2.21. The van der Waals surface area contributed by atoms with Crippen molar-refractivity contribution in [1.82, 2.24) is 0 Å². The quantitative estimate of drug-likeness (QED) is 0.642. The Hall–Kier alpha value is -1.08. The molecular formula is C13H18N2O3S2. The minimum Gasteiger partial charge on any atom is -0.487 e. The summed E-state index contributed by atoms with van der Waals surface area (Å²) in [7, 11) is 0. The van der Waals surface area contributed by atoms with E-state index in [2.05, 4.69) is 5.32 Å². The van der Waals surface area contributed by atoms with Crippen LogP contribution in [0.1, 0.15) is 6.92 Å². The van der Waals surface area contributed by atoms with Gasteiger partial charge in [0.25, 0.3) is 0 Å². The predicted molar refractivity (Wildman–Crippen MR) is 86.3 cm³/mol. The second kappa shape index (κ2) is 7.64. The molecule has 1 aliphatic rings. The van der Waals surface area contributed by atoms with Crippen LogP contribution in [0.5, 0.6) is 5.75 Å². The van der Waals surface area contributed by atoms with Crippen molar-refractivity contribution in [3.05, 3.63) is 28.3 Å². The number of para-hydroxylation sites is 1. The van der Waals surface area contributed by atoms with Crippen LogP contribution in [0.4, 0.5) is 11.4 Å².